The van der Waals surface area contributed by atoms with Gasteiger partial charge in [-0.3, -0.25) is 4.79 Å². The molecule has 0 saturated carbocycles. The van der Waals surface area contributed by atoms with Crippen molar-refractivity contribution < 1.29 is 14.6 Å². The Balaban J connectivity index is 1.83. The highest BCUT2D eigenvalue weighted by molar-refractivity contribution is 5.91. The molecule has 0 aliphatic carbocycles. The number of carbonyl (C=O) groups excluding carboxylic acids is 1. The third-order valence-electron chi connectivity index (χ3n) is 2.95. The molecule has 0 radical (unpaired) electrons. The molecule has 2 aromatic rings. The highest BCUT2D eigenvalue weighted by Gasteiger charge is 2.04. The van der Waals surface area contributed by atoms with E-state index >= 15 is 0 Å². The van der Waals surface area contributed by atoms with Gasteiger partial charge in [0.05, 0.1) is 6.61 Å². The molecule has 0 fully saturated rings. The number of hydrogen-bond donors (Lipinski definition) is 3. The van der Waals surface area contributed by atoms with Crippen molar-refractivity contribution in [3.8, 4) is 5.75 Å². The van der Waals surface area contributed by atoms with E-state index in [4.69, 9.17) is 15.6 Å². The standard InChI is InChI=1S/C16H18N2O3/c17-9-12-3-7-15(8-4-12)21-11-16(20)18-14-5-1-13(10-19)2-6-14/h1-8,19H,9-11,17H2,(H,18,20). The van der Waals surface area contributed by atoms with Crippen molar-refractivity contribution in [2.45, 2.75) is 13.2 Å². The molecule has 2 aromatic carbocycles. The summed E-state index contributed by atoms with van der Waals surface area (Å²) in [6.45, 7) is 0.393. The van der Waals surface area contributed by atoms with E-state index in [1.807, 2.05) is 12.1 Å². The summed E-state index contributed by atoms with van der Waals surface area (Å²) in [6.07, 6.45) is 0. The van der Waals surface area contributed by atoms with E-state index in [2.05, 4.69) is 5.32 Å². The average Bonchev–Trinajstić information content (AvgIpc) is 2.54. The van der Waals surface area contributed by atoms with Crippen LogP contribution in [0, 0.1) is 0 Å². The van der Waals surface area contributed by atoms with Gasteiger partial charge >= 0.3 is 0 Å². The Morgan fingerprint density at radius 2 is 1.67 bits per heavy atom. The number of ether oxygens (including phenoxy) is 1. The maximum atomic E-state index is 11.8. The predicted octanol–water partition coefficient (Wildman–Crippen LogP) is 1.66. The lowest BCUT2D eigenvalue weighted by atomic mass is 10.2. The number of carbonyl (C=O) groups is 1. The van der Waals surface area contributed by atoms with Crippen molar-refractivity contribution in [2.75, 3.05) is 11.9 Å². The van der Waals surface area contributed by atoms with Gasteiger partial charge < -0.3 is 20.9 Å². The molecular weight excluding hydrogens is 268 g/mol. The molecule has 2 rings (SSSR count). The van der Waals surface area contributed by atoms with E-state index in [0.717, 1.165) is 11.1 Å². The van der Waals surface area contributed by atoms with Gasteiger partial charge in [-0.1, -0.05) is 24.3 Å². The number of nitrogens with two attached hydrogens (primary N) is 1. The molecule has 21 heavy (non-hydrogen) atoms. The summed E-state index contributed by atoms with van der Waals surface area (Å²) < 4.78 is 5.39. The topological polar surface area (TPSA) is 84.6 Å². The molecule has 0 aliphatic heterocycles. The van der Waals surface area contributed by atoms with Gasteiger partial charge in [0.2, 0.25) is 0 Å². The zero-order valence-electron chi connectivity index (χ0n) is 11.6. The Morgan fingerprint density at radius 1 is 1.05 bits per heavy atom. The zero-order chi connectivity index (χ0) is 15.1. The van der Waals surface area contributed by atoms with Crippen molar-refractivity contribution in [1.82, 2.24) is 0 Å². The maximum Gasteiger partial charge on any atom is 0.262 e. The van der Waals surface area contributed by atoms with Crippen LogP contribution in [0.1, 0.15) is 11.1 Å². The van der Waals surface area contributed by atoms with Crippen LogP contribution in [0.3, 0.4) is 0 Å². The number of benzene rings is 2. The molecule has 110 valence electrons. The minimum Gasteiger partial charge on any atom is -0.484 e. The maximum absolute atomic E-state index is 11.8. The molecular formula is C16H18N2O3. The molecule has 0 aromatic heterocycles. The first-order valence-electron chi connectivity index (χ1n) is 6.62. The predicted molar refractivity (Wildman–Crippen MR) is 80.8 cm³/mol. The monoisotopic (exact) mass is 286 g/mol. The number of rotatable bonds is 6. The normalized spacial score (nSPS) is 10.2. The molecule has 0 saturated heterocycles. The van der Waals surface area contributed by atoms with Crippen LogP contribution in [-0.4, -0.2) is 17.6 Å². The molecule has 0 aliphatic rings. The number of aliphatic hydroxyl groups is 1. The number of amides is 1. The quantitative estimate of drug-likeness (QED) is 0.754. The third kappa shape index (κ3) is 4.59. The fourth-order valence-corrected chi connectivity index (χ4v) is 1.76. The van der Waals surface area contributed by atoms with Gasteiger partial charge in [0.25, 0.3) is 5.91 Å². The average molecular weight is 286 g/mol. The molecule has 0 atom stereocenters. The van der Waals surface area contributed by atoms with Crippen molar-refractivity contribution in [3.05, 3.63) is 59.7 Å². The molecule has 0 bridgehead atoms. The number of nitrogens with one attached hydrogen (secondary N) is 1. The lowest BCUT2D eigenvalue weighted by Crippen LogP contribution is -2.20. The summed E-state index contributed by atoms with van der Waals surface area (Å²) in [4.78, 5) is 11.8. The molecule has 4 N–H and O–H groups in total. The fourth-order valence-electron chi connectivity index (χ4n) is 1.76. The zero-order valence-corrected chi connectivity index (χ0v) is 11.6. The Hall–Kier alpha value is -2.37. The molecule has 5 heteroatoms. The van der Waals surface area contributed by atoms with E-state index in [9.17, 15) is 4.79 Å². The number of aliphatic hydroxyl groups excluding tert-OH is 1. The van der Waals surface area contributed by atoms with E-state index in [-0.39, 0.29) is 19.1 Å². The third-order valence-corrected chi connectivity index (χ3v) is 2.95. The summed E-state index contributed by atoms with van der Waals surface area (Å²) >= 11 is 0. The smallest absolute Gasteiger partial charge is 0.262 e. The van der Waals surface area contributed by atoms with Crippen molar-refractivity contribution in [1.29, 1.82) is 0 Å². The van der Waals surface area contributed by atoms with Crippen molar-refractivity contribution in [3.63, 3.8) is 0 Å². The minimum absolute atomic E-state index is 0.0177. The molecule has 0 spiro atoms. The fraction of sp³-hybridized carbons (Fsp3) is 0.188. The molecule has 1 amide bonds. The van der Waals surface area contributed by atoms with Crippen molar-refractivity contribution in [2.24, 2.45) is 5.73 Å². The van der Waals surface area contributed by atoms with Gasteiger partial charge in [-0.2, -0.15) is 0 Å². The first-order chi connectivity index (χ1) is 10.2. The summed E-state index contributed by atoms with van der Waals surface area (Å²) in [5.41, 5.74) is 7.98. The Labute approximate surface area is 123 Å². The number of anilines is 1. The van der Waals surface area contributed by atoms with Gasteiger partial charge in [0, 0.05) is 12.2 Å². The highest BCUT2D eigenvalue weighted by Crippen LogP contribution is 2.12. The van der Waals surface area contributed by atoms with Gasteiger partial charge in [-0.25, -0.2) is 0 Å². The van der Waals surface area contributed by atoms with Gasteiger partial charge in [-0.05, 0) is 35.4 Å². The minimum atomic E-state index is -0.241. The van der Waals surface area contributed by atoms with Crippen LogP contribution in [0.2, 0.25) is 0 Å². The van der Waals surface area contributed by atoms with E-state index in [1.165, 1.54) is 0 Å². The Kier molecular flexibility index (Phi) is 5.31. The van der Waals surface area contributed by atoms with Crippen LogP contribution in [0.5, 0.6) is 5.75 Å². The summed E-state index contributed by atoms with van der Waals surface area (Å²) in [5.74, 6) is 0.382. The lowest BCUT2D eigenvalue weighted by molar-refractivity contribution is -0.118. The van der Waals surface area contributed by atoms with Gasteiger partial charge in [0.15, 0.2) is 6.61 Å². The summed E-state index contributed by atoms with van der Waals surface area (Å²) in [6, 6.07) is 14.3. The second-order valence-electron chi connectivity index (χ2n) is 4.54. The van der Waals surface area contributed by atoms with Gasteiger partial charge in [-0.15, -0.1) is 0 Å². The first kappa shape index (κ1) is 15.0. The van der Waals surface area contributed by atoms with E-state index < -0.39 is 0 Å². The van der Waals surface area contributed by atoms with Crippen LogP contribution in [-0.2, 0) is 17.9 Å². The lowest BCUT2D eigenvalue weighted by Gasteiger charge is -2.08. The Morgan fingerprint density at radius 3 is 2.24 bits per heavy atom. The molecule has 0 heterocycles. The highest BCUT2D eigenvalue weighted by atomic mass is 16.5. The Bertz CT molecular complexity index is 579. The van der Waals surface area contributed by atoms with Crippen LogP contribution in [0.4, 0.5) is 5.69 Å². The summed E-state index contributed by atoms with van der Waals surface area (Å²) in [7, 11) is 0. The van der Waals surface area contributed by atoms with Gasteiger partial charge in [0.1, 0.15) is 5.75 Å². The second-order valence-corrected chi connectivity index (χ2v) is 4.54. The molecule has 0 unspecified atom stereocenters. The van der Waals surface area contributed by atoms with E-state index in [1.54, 1.807) is 36.4 Å². The first-order valence-corrected chi connectivity index (χ1v) is 6.62. The SMILES string of the molecule is NCc1ccc(OCC(=O)Nc2ccc(CO)cc2)cc1. The van der Waals surface area contributed by atoms with E-state index in [0.29, 0.717) is 18.0 Å². The van der Waals surface area contributed by atoms with Crippen molar-refractivity contribution >= 4 is 11.6 Å². The molecule has 5 nitrogen and oxygen atoms in total. The summed E-state index contributed by atoms with van der Waals surface area (Å²) in [5, 5.41) is 11.7. The van der Waals surface area contributed by atoms with Crippen LogP contribution in [0.15, 0.2) is 48.5 Å². The van der Waals surface area contributed by atoms with Crippen LogP contribution >= 0.6 is 0 Å². The van der Waals surface area contributed by atoms with Crippen LogP contribution in [0.25, 0.3) is 0 Å². The van der Waals surface area contributed by atoms with Crippen LogP contribution < -0.4 is 15.8 Å². The number of hydrogen-bond acceptors (Lipinski definition) is 4. The second kappa shape index (κ2) is 7.42. The largest absolute Gasteiger partial charge is 0.484 e.